The van der Waals surface area contributed by atoms with Crippen molar-refractivity contribution in [2.24, 2.45) is 0 Å². The van der Waals surface area contributed by atoms with E-state index in [2.05, 4.69) is 10.6 Å². The number of phenols is 1. The number of fused-ring (bicyclic) bond motifs is 1. The van der Waals surface area contributed by atoms with Crippen molar-refractivity contribution in [3.8, 4) is 11.5 Å². The summed E-state index contributed by atoms with van der Waals surface area (Å²) in [5.41, 5.74) is 3.26. The Hall–Kier alpha value is -3.54. The Bertz CT molecular complexity index is 1040. The summed E-state index contributed by atoms with van der Waals surface area (Å²) in [5, 5.41) is 15.9. The molecule has 0 fully saturated rings. The molecule has 0 spiro atoms. The van der Waals surface area contributed by atoms with Crippen LogP contribution in [0.2, 0.25) is 0 Å². The Kier molecular flexibility index (Phi) is 5.08. The third-order valence-electron chi connectivity index (χ3n) is 5.15. The van der Waals surface area contributed by atoms with E-state index < -0.39 is 6.04 Å². The molecule has 3 N–H and O–H groups in total. The van der Waals surface area contributed by atoms with Crippen LogP contribution in [0.3, 0.4) is 0 Å². The smallest absolute Gasteiger partial charge is 0.243 e. The molecule has 3 aromatic rings. The number of halogens is 1. The van der Waals surface area contributed by atoms with Gasteiger partial charge in [0.25, 0.3) is 0 Å². The van der Waals surface area contributed by atoms with E-state index in [0.29, 0.717) is 5.75 Å². The SMILES string of the molecule is COc1cc(CNC(=O)C2Nc3ccc(F)cc3C2c2ccccc2)ccc1O. The van der Waals surface area contributed by atoms with Crippen LogP contribution >= 0.6 is 0 Å². The molecule has 0 aliphatic carbocycles. The van der Waals surface area contributed by atoms with Gasteiger partial charge >= 0.3 is 0 Å². The van der Waals surface area contributed by atoms with Gasteiger partial charge in [-0.2, -0.15) is 0 Å². The second-order valence-electron chi connectivity index (χ2n) is 6.97. The predicted octanol–water partition coefficient (Wildman–Crippen LogP) is 3.78. The lowest BCUT2D eigenvalue weighted by Gasteiger charge is -2.20. The number of anilines is 1. The first-order valence-corrected chi connectivity index (χ1v) is 9.31. The monoisotopic (exact) mass is 392 g/mol. The van der Waals surface area contributed by atoms with Crippen molar-refractivity contribution >= 4 is 11.6 Å². The highest BCUT2D eigenvalue weighted by Crippen LogP contribution is 2.40. The lowest BCUT2D eigenvalue weighted by molar-refractivity contribution is -0.122. The van der Waals surface area contributed by atoms with Crippen LogP contribution in [0, 0.1) is 5.82 Å². The Balaban J connectivity index is 1.57. The maximum absolute atomic E-state index is 13.9. The minimum absolute atomic E-state index is 0.0432. The molecule has 3 aromatic carbocycles. The molecule has 1 amide bonds. The number of ether oxygens (including phenoxy) is 1. The van der Waals surface area contributed by atoms with Crippen molar-refractivity contribution < 1.29 is 19.0 Å². The fourth-order valence-electron chi connectivity index (χ4n) is 3.73. The Morgan fingerprint density at radius 3 is 2.69 bits per heavy atom. The third-order valence-corrected chi connectivity index (χ3v) is 5.15. The summed E-state index contributed by atoms with van der Waals surface area (Å²) in [6.45, 7) is 0.278. The number of hydrogen-bond acceptors (Lipinski definition) is 4. The summed E-state index contributed by atoms with van der Waals surface area (Å²) in [6, 6.07) is 18.5. The van der Waals surface area contributed by atoms with E-state index in [1.807, 2.05) is 30.3 Å². The number of benzene rings is 3. The minimum Gasteiger partial charge on any atom is -0.504 e. The molecule has 1 aliphatic rings. The van der Waals surface area contributed by atoms with Crippen LogP contribution in [0.5, 0.6) is 11.5 Å². The number of carbonyl (C=O) groups is 1. The molecule has 1 aliphatic heterocycles. The van der Waals surface area contributed by atoms with Crippen LogP contribution in [0.15, 0.2) is 66.7 Å². The number of carbonyl (C=O) groups excluding carboxylic acids is 1. The Morgan fingerprint density at radius 1 is 1.14 bits per heavy atom. The largest absolute Gasteiger partial charge is 0.504 e. The molecule has 2 unspecified atom stereocenters. The standard InChI is InChI=1S/C23H21FN2O3/c1-29-20-11-14(7-10-19(20)27)13-25-23(28)22-21(15-5-3-2-4-6-15)17-12-16(24)8-9-18(17)26-22/h2-12,21-22,26-27H,13H2,1H3,(H,25,28). The van der Waals surface area contributed by atoms with Crippen molar-refractivity contribution in [3.63, 3.8) is 0 Å². The minimum atomic E-state index is -0.562. The molecule has 0 radical (unpaired) electrons. The van der Waals surface area contributed by atoms with Crippen LogP contribution in [-0.4, -0.2) is 24.2 Å². The van der Waals surface area contributed by atoms with Gasteiger partial charge in [-0.1, -0.05) is 36.4 Å². The second kappa shape index (κ2) is 7.83. The van der Waals surface area contributed by atoms with E-state index in [1.165, 1.54) is 25.3 Å². The molecule has 1 heterocycles. The maximum Gasteiger partial charge on any atom is 0.243 e. The van der Waals surface area contributed by atoms with Gasteiger partial charge in [-0.3, -0.25) is 4.79 Å². The molecule has 148 valence electrons. The van der Waals surface area contributed by atoms with Crippen molar-refractivity contribution in [1.29, 1.82) is 0 Å². The maximum atomic E-state index is 13.9. The molecule has 5 nitrogen and oxygen atoms in total. The number of amides is 1. The van der Waals surface area contributed by atoms with Gasteiger partial charge in [-0.05, 0) is 47.0 Å². The van der Waals surface area contributed by atoms with Crippen LogP contribution in [0.4, 0.5) is 10.1 Å². The summed E-state index contributed by atoms with van der Waals surface area (Å²) in [7, 11) is 1.47. The van der Waals surface area contributed by atoms with E-state index in [9.17, 15) is 14.3 Å². The van der Waals surface area contributed by atoms with Crippen molar-refractivity contribution in [1.82, 2.24) is 5.32 Å². The molecule has 2 atom stereocenters. The fraction of sp³-hybridized carbons (Fsp3) is 0.174. The zero-order valence-electron chi connectivity index (χ0n) is 15.9. The summed E-state index contributed by atoms with van der Waals surface area (Å²) in [5.74, 6) is -0.426. The molecule has 29 heavy (non-hydrogen) atoms. The average Bonchev–Trinajstić information content (AvgIpc) is 3.12. The third kappa shape index (κ3) is 3.74. The predicted molar refractivity (Wildman–Crippen MR) is 109 cm³/mol. The second-order valence-corrected chi connectivity index (χ2v) is 6.97. The highest BCUT2D eigenvalue weighted by atomic mass is 19.1. The van der Waals surface area contributed by atoms with Gasteiger partial charge in [-0.25, -0.2) is 4.39 Å². The fourth-order valence-corrected chi connectivity index (χ4v) is 3.73. The van der Waals surface area contributed by atoms with E-state index in [1.54, 1.807) is 18.2 Å². The number of phenolic OH excluding ortho intramolecular Hbond substituents is 1. The first kappa shape index (κ1) is 18.8. The van der Waals surface area contributed by atoms with Crippen LogP contribution in [0.1, 0.15) is 22.6 Å². The van der Waals surface area contributed by atoms with Crippen molar-refractivity contribution in [2.75, 3.05) is 12.4 Å². The van der Waals surface area contributed by atoms with E-state index >= 15 is 0 Å². The first-order chi connectivity index (χ1) is 14.1. The van der Waals surface area contributed by atoms with Gasteiger partial charge in [0.2, 0.25) is 5.91 Å². The summed E-state index contributed by atoms with van der Waals surface area (Å²) in [4.78, 5) is 13.0. The summed E-state index contributed by atoms with van der Waals surface area (Å²) >= 11 is 0. The van der Waals surface area contributed by atoms with Crippen molar-refractivity contribution in [2.45, 2.75) is 18.5 Å². The molecule has 0 aromatic heterocycles. The van der Waals surface area contributed by atoms with Gasteiger partial charge < -0.3 is 20.5 Å². The van der Waals surface area contributed by atoms with E-state index in [4.69, 9.17) is 4.74 Å². The molecule has 4 rings (SSSR count). The van der Waals surface area contributed by atoms with Gasteiger partial charge in [0.05, 0.1) is 7.11 Å². The van der Waals surface area contributed by atoms with Crippen LogP contribution in [0.25, 0.3) is 0 Å². The quantitative estimate of drug-likeness (QED) is 0.618. The topological polar surface area (TPSA) is 70.6 Å². The highest BCUT2D eigenvalue weighted by molar-refractivity contribution is 5.89. The number of nitrogens with one attached hydrogen (secondary N) is 2. The average molecular weight is 392 g/mol. The Labute approximate surface area is 168 Å². The van der Waals surface area contributed by atoms with Crippen molar-refractivity contribution in [3.05, 3.63) is 89.2 Å². The van der Waals surface area contributed by atoms with Gasteiger partial charge in [0, 0.05) is 18.2 Å². The van der Waals surface area contributed by atoms with Gasteiger partial charge in [0.15, 0.2) is 11.5 Å². The molecule has 0 bridgehead atoms. The molecule has 0 saturated heterocycles. The van der Waals surface area contributed by atoms with E-state index in [-0.39, 0.29) is 29.9 Å². The van der Waals surface area contributed by atoms with Crippen LogP contribution < -0.4 is 15.4 Å². The first-order valence-electron chi connectivity index (χ1n) is 9.31. The van der Waals surface area contributed by atoms with Gasteiger partial charge in [-0.15, -0.1) is 0 Å². The normalized spacial score (nSPS) is 17.3. The molecule has 0 saturated carbocycles. The van der Waals surface area contributed by atoms with Gasteiger partial charge in [0.1, 0.15) is 11.9 Å². The molecular weight excluding hydrogens is 371 g/mol. The number of hydrogen-bond donors (Lipinski definition) is 3. The molecular formula is C23H21FN2O3. The lowest BCUT2D eigenvalue weighted by atomic mass is 9.87. The summed E-state index contributed by atoms with van der Waals surface area (Å²) < 4.78 is 19.0. The zero-order valence-corrected chi connectivity index (χ0v) is 15.9. The lowest BCUT2D eigenvalue weighted by Crippen LogP contribution is -2.40. The van der Waals surface area contributed by atoms with Crippen LogP contribution in [-0.2, 0) is 11.3 Å². The number of rotatable bonds is 5. The molecule has 6 heteroatoms. The highest BCUT2D eigenvalue weighted by Gasteiger charge is 2.38. The zero-order chi connectivity index (χ0) is 20.4. The van der Waals surface area contributed by atoms with E-state index in [0.717, 1.165) is 22.4 Å². The Morgan fingerprint density at radius 2 is 1.93 bits per heavy atom. The summed E-state index contributed by atoms with van der Waals surface area (Å²) in [6.07, 6.45) is 0. The number of methoxy groups -OCH3 is 1. The number of aromatic hydroxyl groups is 1.